The fourth-order valence-corrected chi connectivity index (χ4v) is 3.32. The summed E-state index contributed by atoms with van der Waals surface area (Å²) in [6, 6.07) is 10.3. The number of furan rings is 1. The van der Waals surface area contributed by atoms with Gasteiger partial charge in [-0.3, -0.25) is 0 Å². The SMILES string of the molecule is CC1=Cc2c(oc3ncccc23)N(C)B1c1cccc[n+]1C. The first kappa shape index (κ1) is 13.1. The van der Waals surface area contributed by atoms with Crippen molar-refractivity contribution in [2.24, 2.45) is 7.05 Å². The van der Waals surface area contributed by atoms with Crippen molar-refractivity contribution in [1.29, 1.82) is 0 Å². The minimum atomic E-state index is 0.166. The first-order chi connectivity index (χ1) is 10.7. The summed E-state index contributed by atoms with van der Waals surface area (Å²) in [5.41, 5.74) is 4.35. The number of fused-ring (bicyclic) bond motifs is 3. The molecule has 1 aliphatic heterocycles. The first-order valence-electron chi connectivity index (χ1n) is 7.40. The third-order valence-corrected chi connectivity index (χ3v) is 4.37. The number of rotatable bonds is 1. The lowest BCUT2D eigenvalue weighted by Crippen LogP contribution is -2.61. The van der Waals surface area contributed by atoms with E-state index in [0.29, 0.717) is 5.71 Å². The summed E-state index contributed by atoms with van der Waals surface area (Å²) < 4.78 is 8.16. The molecule has 0 bridgehead atoms. The number of aryl methyl sites for hydroxylation is 1. The lowest BCUT2D eigenvalue weighted by Gasteiger charge is -2.27. The zero-order valence-electron chi connectivity index (χ0n) is 12.9. The van der Waals surface area contributed by atoms with Crippen LogP contribution in [0.3, 0.4) is 0 Å². The van der Waals surface area contributed by atoms with Crippen LogP contribution in [0.1, 0.15) is 12.5 Å². The Hall–Kier alpha value is -2.56. The normalized spacial score (nSPS) is 14.2. The summed E-state index contributed by atoms with van der Waals surface area (Å²) in [7, 11) is 4.15. The van der Waals surface area contributed by atoms with Crippen LogP contribution in [0.25, 0.3) is 17.2 Å². The lowest BCUT2D eigenvalue weighted by molar-refractivity contribution is -0.654. The molecule has 0 saturated heterocycles. The second-order valence-electron chi connectivity index (χ2n) is 5.82. The van der Waals surface area contributed by atoms with Gasteiger partial charge in [0.1, 0.15) is 7.05 Å². The van der Waals surface area contributed by atoms with Crippen molar-refractivity contribution in [3.63, 3.8) is 0 Å². The van der Waals surface area contributed by atoms with Crippen molar-refractivity contribution < 1.29 is 8.98 Å². The number of hydrogen-bond donors (Lipinski definition) is 0. The van der Waals surface area contributed by atoms with Gasteiger partial charge in [-0.1, -0.05) is 17.6 Å². The van der Waals surface area contributed by atoms with Gasteiger partial charge in [-0.05, 0) is 32.2 Å². The van der Waals surface area contributed by atoms with Crippen LogP contribution in [0, 0.1) is 0 Å². The zero-order valence-corrected chi connectivity index (χ0v) is 12.9. The molecule has 0 radical (unpaired) electrons. The smallest absolute Gasteiger partial charge is 0.401 e. The van der Waals surface area contributed by atoms with Gasteiger partial charge in [0, 0.05) is 23.2 Å². The van der Waals surface area contributed by atoms with Gasteiger partial charge in [0.2, 0.25) is 5.71 Å². The highest BCUT2D eigenvalue weighted by Gasteiger charge is 2.38. The molecule has 22 heavy (non-hydrogen) atoms. The van der Waals surface area contributed by atoms with E-state index >= 15 is 0 Å². The molecule has 1 aliphatic rings. The van der Waals surface area contributed by atoms with Gasteiger partial charge < -0.3 is 9.23 Å². The van der Waals surface area contributed by atoms with E-state index in [-0.39, 0.29) is 6.85 Å². The van der Waals surface area contributed by atoms with E-state index in [2.05, 4.69) is 65.9 Å². The van der Waals surface area contributed by atoms with Crippen LogP contribution in [0.4, 0.5) is 5.88 Å². The van der Waals surface area contributed by atoms with Gasteiger partial charge in [0.05, 0.1) is 0 Å². The maximum Gasteiger partial charge on any atom is 0.401 e. The van der Waals surface area contributed by atoms with Crippen LogP contribution >= 0.6 is 0 Å². The van der Waals surface area contributed by atoms with Crippen LogP contribution in [-0.2, 0) is 7.05 Å². The van der Waals surface area contributed by atoms with Crippen molar-refractivity contribution >= 4 is 35.5 Å². The highest BCUT2D eigenvalue weighted by atomic mass is 16.4. The number of anilines is 1. The minimum absolute atomic E-state index is 0.166. The van der Waals surface area contributed by atoms with Gasteiger partial charge in [-0.25, -0.2) is 9.55 Å². The Bertz CT molecular complexity index is 900. The molecule has 4 heterocycles. The standard InChI is InChI=1S/C17H17BN3O/c1-12-11-14-13-7-6-9-19-16(13)22-17(14)21(3)18(12)15-8-4-5-10-20(15)2/h4-11H,1-3H3/q+1. The summed E-state index contributed by atoms with van der Waals surface area (Å²) in [6.45, 7) is 2.34. The molecule has 0 N–H and O–H groups in total. The van der Waals surface area contributed by atoms with Gasteiger partial charge in [0.15, 0.2) is 17.7 Å². The zero-order chi connectivity index (χ0) is 15.3. The minimum Gasteiger partial charge on any atom is -0.423 e. The van der Waals surface area contributed by atoms with Gasteiger partial charge in [0.25, 0.3) is 0 Å². The lowest BCUT2D eigenvalue weighted by atomic mass is 9.49. The van der Waals surface area contributed by atoms with Crippen molar-refractivity contribution in [2.45, 2.75) is 6.92 Å². The molecule has 0 fully saturated rings. The topological polar surface area (TPSA) is 33.2 Å². The van der Waals surface area contributed by atoms with E-state index in [9.17, 15) is 0 Å². The number of pyridine rings is 2. The number of aromatic nitrogens is 2. The molecule has 5 heteroatoms. The van der Waals surface area contributed by atoms with E-state index in [1.807, 2.05) is 12.1 Å². The molecule has 4 nitrogen and oxygen atoms in total. The van der Waals surface area contributed by atoms with Crippen LogP contribution < -0.4 is 15.0 Å². The average molecular weight is 290 g/mol. The Morgan fingerprint density at radius 2 is 2.09 bits per heavy atom. The van der Waals surface area contributed by atoms with E-state index in [1.54, 1.807) is 6.20 Å². The van der Waals surface area contributed by atoms with Crippen LogP contribution in [0.15, 0.2) is 52.6 Å². The van der Waals surface area contributed by atoms with Gasteiger partial charge >= 0.3 is 6.85 Å². The Morgan fingerprint density at radius 3 is 2.91 bits per heavy atom. The Balaban J connectivity index is 1.92. The number of allylic oxidation sites excluding steroid dienone is 1. The molecule has 0 amide bonds. The van der Waals surface area contributed by atoms with Crippen molar-refractivity contribution in [2.75, 3.05) is 11.9 Å². The molecular formula is C17H17BN3O+. The molecular weight excluding hydrogens is 273 g/mol. The fraction of sp³-hybridized carbons (Fsp3) is 0.176. The van der Waals surface area contributed by atoms with Crippen LogP contribution in [-0.4, -0.2) is 18.9 Å². The fourth-order valence-electron chi connectivity index (χ4n) is 3.32. The highest BCUT2D eigenvalue weighted by molar-refractivity contribution is 6.82. The Labute approximate surface area is 129 Å². The van der Waals surface area contributed by atoms with Crippen molar-refractivity contribution in [1.82, 2.24) is 4.98 Å². The maximum absolute atomic E-state index is 6.00. The third kappa shape index (κ3) is 1.78. The summed E-state index contributed by atoms with van der Waals surface area (Å²) in [6.07, 6.45) is 6.06. The molecule has 0 saturated carbocycles. The average Bonchev–Trinajstić information content (AvgIpc) is 2.88. The third-order valence-electron chi connectivity index (χ3n) is 4.37. The first-order valence-corrected chi connectivity index (χ1v) is 7.40. The predicted molar refractivity (Wildman–Crippen MR) is 89.1 cm³/mol. The predicted octanol–water partition coefficient (Wildman–Crippen LogP) is 1.94. The molecule has 4 rings (SSSR count). The van der Waals surface area contributed by atoms with Crippen LogP contribution in [0.2, 0.25) is 0 Å². The van der Waals surface area contributed by atoms with Crippen molar-refractivity contribution in [3.8, 4) is 0 Å². The van der Waals surface area contributed by atoms with E-state index < -0.39 is 0 Å². The van der Waals surface area contributed by atoms with E-state index in [1.165, 1.54) is 11.1 Å². The van der Waals surface area contributed by atoms with E-state index in [0.717, 1.165) is 16.8 Å². The second kappa shape index (κ2) is 4.73. The summed E-state index contributed by atoms with van der Waals surface area (Å²) >= 11 is 0. The van der Waals surface area contributed by atoms with Crippen molar-refractivity contribution in [3.05, 3.63) is 53.8 Å². The highest BCUT2D eigenvalue weighted by Crippen LogP contribution is 2.36. The number of nitrogens with zero attached hydrogens (tertiary/aromatic N) is 3. The quantitative estimate of drug-likeness (QED) is 0.507. The Kier molecular flexibility index (Phi) is 2.82. The molecule has 0 atom stereocenters. The number of hydrogen-bond acceptors (Lipinski definition) is 3. The molecule has 3 aromatic heterocycles. The summed E-state index contributed by atoms with van der Waals surface area (Å²) in [5, 5.41) is 1.07. The van der Waals surface area contributed by atoms with Crippen LogP contribution in [0.5, 0.6) is 0 Å². The van der Waals surface area contributed by atoms with E-state index in [4.69, 9.17) is 4.42 Å². The second-order valence-corrected chi connectivity index (χ2v) is 5.82. The molecule has 0 aliphatic carbocycles. The molecule has 3 aromatic rings. The summed E-state index contributed by atoms with van der Waals surface area (Å²) in [5.74, 6) is 0.883. The van der Waals surface area contributed by atoms with Gasteiger partial charge in [-0.2, -0.15) is 0 Å². The monoisotopic (exact) mass is 290 g/mol. The summed E-state index contributed by atoms with van der Waals surface area (Å²) in [4.78, 5) is 6.53. The molecule has 0 aromatic carbocycles. The molecule has 0 spiro atoms. The maximum atomic E-state index is 6.00. The van der Waals surface area contributed by atoms with Gasteiger partial charge in [-0.15, -0.1) is 0 Å². The molecule has 0 unspecified atom stereocenters. The largest absolute Gasteiger partial charge is 0.423 e. The Morgan fingerprint density at radius 1 is 1.23 bits per heavy atom. The molecule has 108 valence electrons.